The van der Waals surface area contributed by atoms with Crippen LogP contribution in [0, 0.1) is 5.92 Å². The molecule has 0 saturated carbocycles. The molecule has 0 rings (SSSR count). The summed E-state index contributed by atoms with van der Waals surface area (Å²) in [6.45, 7) is 4.66. The van der Waals surface area contributed by atoms with Crippen molar-refractivity contribution >= 4 is 0 Å². The number of hydrogen-bond acceptors (Lipinski definition) is 4. The van der Waals surface area contributed by atoms with Crippen LogP contribution in [0.3, 0.4) is 0 Å². The van der Waals surface area contributed by atoms with Gasteiger partial charge in [-0.3, -0.25) is 5.26 Å². The van der Waals surface area contributed by atoms with Crippen LogP contribution in [-0.4, -0.2) is 11.9 Å². The Bertz CT molecular complexity index is 96.8. The third kappa shape index (κ3) is 13.1. The minimum atomic E-state index is -1.81. The Morgan fingerprint density at radius 3 is 1.82 bits per heavy atom. The summed E-state index contributed by atoms with van der Waals surface area (Å²) in [5, 5.41) is 8.00. The van der Waals surface area contributed by atoms with E-state index in [0.717, 1.165) is 12.8 Å². The second kappa shape index (κ2) is 12.8. The SMILES string of the molecule is CCC(CC)COO.[O]=[V]=[O]. The topological polar surface area (TPSA) is 63.6 Å². The Hall–Kier alpha value is 0.104. The van der Waals surface area contributed by atoms with Gasteiger partial charge in [-0.15, -0.1) is 0 Å². The minimum absolute atomic E-state index is 0.479. The fourth-order valence-corrected chi connectivity index (χ4v) is 0.630. The van der Waals surface area contributed by atoms with Crippen molar-refractivity contribution < 1.29 is 33.7 Å². The maximum absolute atomic E-state index is 8.47. The summed E-state index contributed by atoms with van der Waals surface area (Å²) in [5.74, 6) is 0.528. The molecule has 0 heterocycles. The van der Waals surface area contributed by atoms with E-state index in [4.69, 9.17) is 12.6 Å². The fourth-order valence-electron chi connectivity index (χ4n) is 0.630. The van der Waals surface area contributed by atoms with Crippen molar-refractivity contribution in [3.63, 3.8) is 0 Å². The molecule has 0 radical (unpaired) electrons. The molecule has 0 aliphatic rings. The third-order valence-corrected chi connectivity index (χ3v) is 1.46. The van der Waals surface area contributed by atoms with Crippen LogP contribution in [0.15, 0.2) is 0 Å². The molecule has 0 atom stereocenters. The van der Waals surface area contributed by atoms with Crippen molar-refractivity contribution in [1.29, 1.82) is 0 Å². The predicted octanol–water partition coefficient (Wildman–Crippen LogP) is 1.67. The summed E-state index contributed by atoms with van der Waals surface area (Å²) in [7, 11) is 0. The van der Waals surface area contributed by atoms with Gasteiger partial charge in [0, 0.05) is 0 Å². The number of hydrogen-bond donors (Lipinski definition) is 1. The van der Waals surface area contributed by atoms with E-state index in [1.54, 1.807) is 0 Å². The van der Waals surface area contributed by atoms with E-state index < -0.39 is 16.2 Å². The average molecular weight is 201 g/mol. The predicted molar refractivity (Wildman–Crippen MR) is 34.0 cm³/mol. The van der Waals surface area contributed by atoms with Gasteiger partial charge >= 0.3 is 23.5 Å². The van der Waals surface area contributed by atoms with Crippen molar-refractivity contribution in [3.05, 3.63) is 0 Å². The summed E-state index contributed by atoms with van der Waals surface area (Å²) in [5.41, 5.74) is 0. The Morgan fingerprint density at radius 1 is 1.36 bits per heavy atom. The molecule has 0 aromatic heterocycles. The second-order valence-corrected chi connectivity index (χ2v) is 2.29. The molecule has 0 spiro atoms. The molecule has 5 heteroatoms. The van der Waals surface area contributed by atoms with E-state index >= 15 is 0 Å². The molecule has 0 fully saturated rings. The Balaban J connectivity index is 0. The van der Waals surface area contributed by atoms with Crippen LogP contribution in [-0.2, 0) is 28.4 Å². The van der Waals surface area contributed by atoms with Crippen LogP contribution >= 0.6 is 0 Å². The second-order valence-electron chi connectivity index (χ2n) is 2.05. The number of rotatable bonds is 4. The van der Waals surface area contributed by atoms with E-state index in [1.165, 1.54) is 0 Å². The van der Waals surface area contributed by atoms with E-state index in [-0.39, 0.29) is 0 Å². The third-order valence-electron chi connectivity index (χ3n) is 1.46. The molecule has 0 saturated heterocycles. The molecule has 0 aromatic rings. The van der Waals surface area contributed by atoms with Gasteiger partial charge in [0.15, 0.2) is 0 Å². The Kier molecular flexibility index (Phi) is 15.9. The van der Waals surface area contributed by atoms with Crippen molar-refractivity contribution in [2.24, 2.45) is 5.92 Å². The molecule has 1 N–H and O–H groups in total. The van der Waals surface area contributed by atoms with E-state index in [1.807, 2.05) is 0 Å². The van der Waals surface area contributed by atoms with Crippen LogP contribution in [0.1, 0.15) is 26.7 Å². The van der Waals surface area contributed by atoms with Crippen LogP contribution in [0.5, 0.6) is 0 Å². The van der Waals surface area contributed by atoms with Crippen LogP contribution in [0.2, 0.25) is 0 Å². The fraction of sp³-hybridized carbons (Fsp3) is 1.00. The van der Waals surface area contributed by atoms with Gasteiger partial charge in [-0.1, -0.05) is 26.7 Å². The summed E-state index contributed by atoms with van der Waals surface area (Å²) in [4.78, 5) is 3.99. The van der Waals surface area contributed by atoms with Crippen molar-refractivity contribution in [1.82, 2.24) is 0 Å². The Morgan fingerprint density at radius 2 is 1.73 bits per heavy atom. The van der Waals surface area contributed by atoms with Gasteiger partial charge in [0.05, 0.1) is 6.61 Å². The molecule has 0 aliphatic carbocycles. The first-order chi connectivity index (χ1) is 5.26. The molecule has 0 bridgehead atoms. The maximum atomic E-state index is 8.47. The summed E-state index contributed by atoms with van der Waals surface area (Å²) >= 11 is -1.81. The first-order valence-electron chi connectivity index (χ1n) is 3.48. The first kappa shape index (κ1) is 13.7. The summed E-state index contributed by atoms with van der Waals surface area (Å²) in [6.07, 6.45) is 2.16. The quantitative estimate of drug-likeness (QED) is 0.555. The summed E-state index contributed by atoms with van der Waals surface area (Å²) < 4.78 is 16.9. The molecule has 0 aromatic carbocycles. The van der Waals surface area contributed by atoms with Gasteiger partial charge in [0.2, 0.25) is 0 Å². The molecular weight excluding hydrogens is 187 g/mol. The standard InChI is InChI=1S/C6H14O2.2O.V/c1-3-6(4-2)5-8-7;;;/h6-7H,3-5H2,1-2H3;;;. The van der Waals surface area contributed by atoms with Gasteiger partial charge in [0.25, 0.3) is 0 Å². The van der Waals surface area contributed by atoms with Gasteiger partial charge in [-0.2, -0.15) is 0 Å². The van der Waals surface area contributed by atoms with E-state index in [2.05, 4.69) is 18.7 Å². The Labute approximate surface area is 73.4 Å². The van der Waals surface area contributed by atoms with Crippen molar-refractivity contribution in [2.45, 2.75) is 26.7 Å². The van der Waals surface area contributed by atoms with E-state index in [0.29, 0.717) is 12.5 Å². The van der Waals surface area contributed by atoms with Gasteiger partial charge < -0.3 is 0 Å². The zero-order valence-corrected chi connectivity index (χ0v) is 8.21. The van der Waals surface area contributed by atoms with Gasteiger partial charge in [-0.25, -0.2) is 4.89 Å². The first-order valence-corrected chi connectivity index (χ1v) is 4.62. The van der Waals surface area contributed by atoms with Crippen LogP contribution < -0.4 is 0 Å². The molecule has 0 unspecified atom stereocenters. The molecule has 67 valence electrons. The van der Waals surface area contributed by atoms with Crippen LogP contribution in [0.4, 0.5) is 0 Å². The van der Waals surface area contributed by atoms with Gasteiger partial charge in [0.1, 0.15) is 0 Å². The van der Waals surface area contributed by atoms with Crippen molar-refractivity contribution in [2.75, 3.05) is 6.61 Å². The molecule has 4 nitrogen and oxygen atoms in total. The van der Waals surface area contributed by atoms with Crippen molar-refractivity contribution in [3.8, 4) is 0 Å². The van der Waals surface area contributed by atoms with Crippen LogP contribution in [0.25, 0.3) is 0 Å². The monoisotopic (exact) mass is 201 g/mol. The summed E-state index contributed by atoms with van der Waals surface area (Å²) in [6, 6.07) is 0. The molecule has 0 amide bonds. The van der Waals surface area contributed by atoms with E-state index in [9.17, 15) is 0 Å². The zero-order chi connectivity index (χ0) is 9.11. The normalized spacial score (nSPS) is 8.36. The van der Waals surface area contributed by atoms with Gasteiger partial charge in [-0.05, 0) is 5.92 Å². The molecular formula is C6H14O4V. The average Bonchev–Trinajstić information content (AvgIpc) is 2.02. The molecule has 0 aliphatic heterocycles. The molecule has 11 heavy (non-hydrogen) atoms. The zero-order valence-electron chi connectivity index (χ0n) is 6.82.